The Morgan fingerprint density at radius 1 is 1.15 bits per heavy atom. The van der Waals surface area contributed by atoms with Gasteiger partial charge in [-0.25, -0.2) is 9.78 Å². The van der Waals surface area contributed by atoms with Crippen molar-refractivity contribution in [1.29, 1.82) is 0 Å². The van der Waals surface area contributed by atoms with E-state index in [1.165, 1.54) is 6.07 Å². The van der Waals surface area contributed by atoms with Gasteiger partial charge in [-0.05, 0) is 56.3 Å². The third kappa shape index (κ3) is 4.88. The van der Waals surface area contributed by atoms with Gasteiger partial charge in [0.15, 0.2) is 0 Å². The van der Waals surface area contributed by atoms with Crippen LogP contribution >= 0.6 is 11.3 Å². The monoisotopic (exact) mass is 395 g/mol. The lowest BCUT2D eigenvalue weighted by Crippen LogP contribution is -2.34. The molecule has 27 heavy (non-hydrogen) atoms. The molecule has 1 heterocycles. The lowest BCUT2D eigenvalue weighted by atomic mass is 10.2. The summed E-state index contributed by atoms with van der Waals surface area (Å²) in [6.45, 7) is 3.71. The molecule has 0 unspecified atom stereocenters. The van der Waals surface area contributed by atoms with Gasteiger partial charge in [0, 0.05) is 11.7 Å². The molecule has 2 aromatic carbocycles. The summed E-state index contributed by atoms with van der Waals surface area (Å²) in [5.41, 5.74) is 0.298. The fourth-order valence-electron chi connectivity index (χ4n) is 2.26. The topological polar surface area (TPSA) is 63.2 Å². The minimum Gasteiger partial charge on any atom is -0.431 e. The highest BCUT2D eigenvalue weighted by molar-refractivity contribution is 7.20. The molecule has 0 radical (unpaired) electrons. The molecule has 1 aromatic heterocycles. The number of benzene rings is 2. The zero-order chi connectivity index (χ0) is 19.6. The third-order valence-corrected chi connectivity index (χ3v) is 4.33. The molecule has 0 aliphatic heterocycles. The molecule has 0 aliphatic carbocycles. The summed E-state index contributed by atoms with van der Waals surface area (Å²) in [7, 11) is 0. The van der Waals surface area contributed by atoms with Crippen molar-refractivity contribution in [2.75, 3.05) is 5.32 Å². The first-order valence-electron chi connectivity index (χ1n) is 8.04. The summed E-state index contributed by atoms with van der Waals surface area (Å²) < 4.78 is 44.4. The summed E-state index contributed by atoms with van der Waals surface area (Å²) >= 11 is 1.03. The Labute approximate surface area is 157 Å². The highest BCUT2D eigenvalue weighted by Gasteiger charge is 2.30. The van der Waals surface area contributed by atoms with Crippen molar-refractivity contribution in [2.45, 2.75) is 26.1 Å². The predicted molar refractivity (Wildman–Crippen MR) is 98.4 cm³/mol. The largest absolute Gasteiger partial charge is 0.431 e. The van der Waals surface area contributed by atoms with Crippen LogP contribution < -0.4 is 15.4 Å². The SMILES string of the molecule is CC(C)NC(=O)Nc1ccc(Oc2nc3ccc(C(F)(F)F)cc3s2)cc1. The van der Waals surface area contributed by atoms with E-state index >= 15 is 0 Å². The third-order valence-electron chi connectivity index (χ3n) is 3.43. The molecule has 0 spiro atoms. The van der Waals surface area contributed by atoms with Crippen LogP contribution in [0.2, 0.25) is 0 Å². The van der Waals surface area contributed by atoms with Crippen LogP contribution in [0.15, 0.2) is 42.5 Å². The van der Waals surface area contributed by atoms with E-state index in [4.69, 9.17) is 4.74 Å². The summed E-state index contributed by atoms with van der Waals surface area (Å²) in [5.74, 6) is 0.458. The molecule has 9 heteroatoms. The lowest BCUT2D eigenvalue weighted by Gasteiger charge is -2.10. The Hall–Kier alpha value is -2.81. The molecule has 0 saturated heterocycles. The molecule has 0 bridgehead atoms. The quantitative estimate of drug-likeness (QED) is 0.601. The van der Waals surface area contributed by atoms with Crippen molar-refractivity contribution in [3.05, 3.63) is 48.0 Å². The number of carbonyl (C=O) groups is 1. The van der Waals surface area contributed by atoms with E-state index in [0.29, 0.717) is 21.7 Å². The summed E-state index contributed by atoms with van der Waals surface area (Å²) in [4.78, 5) is 15.8. The zero-order valence-corrected chi connectivity index (χ0v) is 15.2. The van der Waals surface area contributed by atoms with Crippen molar-refractivity contribution in [3.8, 4) is 10.9 Å². The van der Waals surface area contributed by atoms with Gasteiger partial charge in [0.25, 0.3) is 5.19 Å². The first-order chi connectivity index (χ1) is 12.7. The molecule has 3 rings (SSSR count). The summed E-state index contributed by atoms with van der Waals surface area (Å²) in [6, 6.07) is 9.66. The lowest BCUT2D eigenvalue weighted by molar-refractivity contribution is -0.137. The van der Waals surface area contributed by atoms with Crippen LogP contribution in [0.25, 0.3) is 10.2 Å². The number of fused-ring (bicyclic) bond motifs is 1. The summed E-state index contributed by atoms with van der Waals surface area (Å²) in [5, 5.41) is 5.63. The Morgan fingerprint density at radius 3 is 2.48 bits per heavy atom. The number of urea groups is 1. The molecule has 0 atom stereocenters. The van der Waals surface area contributed by atoms with E-state index in [0.717, 1.165) is 23.5 Å². The summed E-state index contributed by atoms with van der Waals surface area (Å²) in [6.07, 6.45) is -4.40. The number of thiazole rings is 1. The highest BCUT2D eigenvalue weighted by atomic mass is 32.1. The Balaban J connectivity index is 1.70. The number of hydrogen-bond donors (Lipinski definition) is 2. The number of anilines is 1. The number of aromatic nitrogens is 1. The van der Waals surface area contributed by atoms with Crippen LogP contribution in [-0.4, -0.2) is 17.1 Å². The van der Waals surface area contributed by atoms with Crippen LogP contribution in [0.5, 0.6) is 10.9 Å². The average Bonchev–Trinajstić information content (AvgIpc) is 2.96. The fourth-order valence-corrected chi connectivity index (χ4v) is 3.13. The molecule has 0 saturated carbocycles. The van der Waals surface area contributed by atoms with Crippen molar-refractivity contribution in [1.82, 2.24) is 10.3 Å². The molecular weight excluding hydrogens is 379 g/mol. The number of hydrogen-bond acceptors (Lipinski definition) is 4. The number of rotatable bonds is 4. The molecule has 0 fully saturated rings. The number of nitrogens with zero attached hydrogens (tertiary/aromatic N) is 1. The Morgan fingerprint density at radius 2 is 1.85 bits per heavy atom. The van der Waals surface area contributed by atoms with Crippen molar-refractivity contribution in [2.24, 2.45) is 0 Å². The van der Waals surface area contributed by atoms with Gasteiger partial charge >= 0.3 is 12.2 Å². The molecule has 2 amide bonds. The van der Waals surface area contributed by atoms with Gasteiger partial charge in [-0.1, -0.05) is 11.3 Å². The second-order valence-corrected chi connectivity index (χ2v) is 7.03. The van der Waals surface area contributed by atoms with E-state index in [1.54, 1.807) is 24.3 Å². The van der Waals surface area contributed by atoms with Gasteiger partial charge in [0.05, 0.1) is 15.8 Å². The van der Waals surface area contributed by atoms with Gasteiger partial charge in [0.2, 0.25) is 0 Å². The minimum atomic E-state index is -4.40. The van der Waals surface area contributed by atoms with Crippen LogP contribution in [-0.2, 0) is 6.18 Å². The molecular formula is C18H16F3N3O2S. The van der Waals surface area contributed by atoms with E-state index in [9.17, 15) is 18.0 Å². The van der Waals surface area contributed by atoms with Crippen molar-refractivity contribution < 1.29 is 22.7 Å². The number of nitrogens with one attached hydrogen (secondary N) is 2. The van der Waals surface area contributed by atoms with Crippen LogP contribution in [0.3, 0.4) is 0 Å². The second kappa shape index (κ2) is 7.43. The minimum absolute atomic E-state index is 0.0181. The van der Waals surface area contributed by atoms with Crippen molar-refractivity contribution in [3.63, 3.8) is 0 Å². The molecule has 5 nitrogen and oxygen atoms in total. The average molecular weight is 395 g/mol. The molecule has 3 aromatic rings. The highest BCUT2D eigenvalue weighted by Crippen LogP contribution is 2.36. The first kappa shape index (κ1) is 19.0. The van der Waals surface area contributed by atoms with Gasteiger partial charge in [-0.15, -0.1) is 0 Å². The first-order valence-corrected chi connectivity index (χ1v) is 8.85. The van der Waals surface area contributed by atoms with E-state index in [2.05, 4.69) is 15.6 Å². The number of alkyl halides is 3. The van der Waals surface area contributed by atoms with E-state index < -0.39 is 11.7 Å². The normalized spacial score (nSPS) is 11.6. The zero-order valence-electron chi connectivity index (χ0n) is 14.4. The van der Waals surface area contributed by atoms with Gasteiger partial charge in [-0.3, -0.25) is 0 Å². The predicted octanol–water partition coefficient (Wildman–Crippen LogP) is 5.64. The van der Waals surface area contributed by atoms with Crippen LogP contribution in [0.4, 0.5) is 23.7 Å². The Kier molecular flexibility index (Phi) is 5.22. The smallest absolute Gasteiger partial charge is 0.416 e. The van der Waals surface area contributed by atoms with Crippen LogP contribution in [0.1, 0.15) is 19.4 Å². The van der Waals surface area contributed by atoms with E-state index in [1.807, 2.05) is 13.8 Å². The van der Waals surface area contributed by atoms with Crippen LogP contribution in [0, 0.1) is 0 Å². The van der Waals surface area contributed by atoms with Gasteiger partial charge in [0.1, 0.15) is 5.75 Å². The maximum Gasteiger partial charge on any atom is 0.416 e. The van der Waals surface area contributed by atoms with Gasteiger partial charge in [-0.2, -0.15) is 13.2 Å². The maximum absolute atomic E-state index is 12.8. The number of carbonyl (C=O) groups excluding carboxylic acids is 1. The number of ether oxygens (including phenoxy) is 1. The standard InChI is InChI=1S/C18H16F3N3O2S/c1-10(2)22-16(25)23-12-4-6-13(7-5-12)26-17-24-14-8-3-11(18(19,20)21)9-15(14)27-17/h3-10H,1-2H3,(H2,22,23,25). The van der Waals surface area contributed by atoms with Gasteiger partial charge < -0.3 is 15.4 Å². The fraction of sp³-hybridized carbons (Fsp3) is 0.222. The molecule has 2 N–H and O–H groups in total. The van der Waals surface area contributed by atoms with E-state index in [-0.39, 0.29) is 17.3 Å². The molecule has 142 valence electrons. The number of amides is 2. The number of halogens is 3. The van der Waals surface area contributed by atoms with Crippen molar-refractivity contribution >= 4 is 33.3 Å². The Bertz CT molecular complexity index is 953. The maximum atomic E-state index is 12.8. The molecule has 0 aliphatic rings. The second-order valence-electron chi connectivity index (χ2n) is 6.04.